The molecule has 1 atom stereocenters. The zero-order chi connectivity index (χ0) is 17.5. The van der Waals surface area contributed by atoms with Crippen molar-refractivity contribution in [2.45, 2.75) is 59.0 Å². The van der Waals surface area contributed by atoms with Gasteiger partial charge in [-0.1, -0.05) is 6.42 Å². The molecule has 1 aliphatic heterocycles. The van der Waals surface area contributed by atoms with Crippen LogP contribution in [0.4, 0.5) is 4.79 Å². The van der Waals surface area contributed by atoms with E-state index in [2.05, 4.69) is 27.4 Å². The van der Waals surface area contributed by atoms with Gasteiger partial charge in [0, 0.05) is 30.4 Å². The molecule has 0 bridgehead atoms. The number of amides is 2. The molecule has 2 amide bonds. The third-order valence-electron chi connectivity index (χ3n) is 4.77. The first-order valence-corrected chi connectivity index (χ1v) is 8.92. The number of H-pyrrole nitrogens is 1. The van der Waals surface area contributed by atoms with Crippen LogP contribution >= 0.6 is 0 Å². The van der Waals surface area contributed by atoms with Gasteiger partial charge in [0.15, 0.2) is 0 Å². The van der Waals surface area contributed by atoms with Crippen molar-refractivity contribution < 1.29 is 4.79 Å². The van der Waals surface area contributed by atoms with Crippen LogP contribution in [0.3, 0.4) is 0 Å². The van der Waals surface area contributed by atoms with Gasteiger partial charge in [-0.3, -0.25) is 4.79 Å². The molecule has 134 valence electrons. The molecule has 0 spiro atoms. The van der Waals surface area contributed by atoms with E-state index in [4.69, 9.17) is 0 Å². The van der Waals surface area contributed by atoms with Crippen LogP contribution in [0.1, 0.15) is 49.4 Å². The Balaban J connectivity index is 1.68. The molecule has 3 N–H and O–H groups in total. The van der Waals surface area contributed by atoms with Crippen molar-refractivity contribution in [2.24, 2.45) is 0 Å². The Morgan fingerprint density at radius 2 is 2.12 bits per heavy atom. The summed E-state index contributed by atoms with van der Waals surface area (Å²) in [4.78, 5) is 29.0. The highest BCUT2D eigenvalue weighted by atomic mass is 16.2. The average molecular weight is 334 g/mol. The standard InChI is InChI=1S/C18H30N4O2/c1-13-11-14(2)21-17(23)16(13)12-20-18(24)19-8-6-10-22-9-5-4-7-15(22)3/h11,15H,4-10,12H2,1-3H3,(H,21,23)(H2,19,20,24). The van der Waals surface area contributed by atoms with Crippen molar-refractivity contribution in [1.29, 1.82) is 0 Å². The molecule has 0 aliphatic carbocycles. The summed E-state index contributed by atoms with van der Waals surface area (Å²) >= 11 is 0. The maximum Gasteiger partial charge on any atom is 0.315 e. The first-order chi connectivity index (χ1) is 11.5. The Morgan fingerprint density at radius 3 is 2.83 bits per heavy atom. The number of nitrogens with one attached hydrogen (secondary N) is 3. The third-order valence-corrected chi connectivity index (χ3v) is 4.77. The van der Waals surface area contributed by atoms with Crippen LogP contribution in [0, 0.1) is 13.8 Å². The molecule has 6 heteroatoms. The lowest BCUT2D eigenvalue weighted by Crippen LogP contribution is -2.41. The number of carbonyl (C=O) groups is 1. The molecular formula is C18H30N4O2. The van der Waals surface area contributed by atoms with Crippen molar-refractivity contribution in [2.75, 3.05) is 19.6 Å². The monoisotopic (exact) mass is 334 g/mol. The molecule has 1 saturated heterocycles. The molecule has 0 radical (unpaired) electrons. The topological polar surface area (TPSA) is 77.2 Å². The summed E-state index contributed by atoms with van der Waals surface area (Å²) in [5.41, 5.74) is 2.21. The number of aromatic amines is 1. The quantitative estimate of drug-likeness (QED) is 0.697. The minimum absolute atomic E-state index is 0.133. The highest BCUT2D eigenvalue weighted by Crippen LogP contribution is 2.15. The van der Waals surface area contributed by atoms with Gasteiger partial charge in [-0.05, 0) is 58.2 Å². The number of carbonyl (C=O) groups excluding carboxylic acids is 1. The summed E-state index contributed by atoms with van der Waals surface area (Å²) in [5.74, 6) is 0. The Hall–Kier alpha value is -1.82. The molecule has 24 heavy (non-hydrogen) atoms. The van der Waals surface area contributed by atoms with Crippen LogP contribution in [0.15, 0.2) is 10.9 Å². The van der Waals surface area contributed by atoms with E-state index in [1.807, 2.05) is 19.9 Å². The van der Waals surface area contributed by atoms with Crippen LogP contribution < -0.4 is 16.2 Å². The number of nitrogens with zero attached hydrogens (tertiary/aromatic N) is 1. The number of piperidine rings is 1. The van der Waals surface area contributed by atoms with Crippen molar-refractivity contribution in [3.8, 4) is 0 Å². The zero-order valence-corrected chi connectivity index (χ0v) is 15.1. The van der Waals surface area contributed by atoms with Gasteiger partial charge in [0.1, 0.15) is 0 Å². The lowest BCUT2D eigenvalue weighted by Gasteiger charge is -2.33. The minimum atomic E-state index is -0.221. The van der Waals surface area contributed by atoms with Crippen LogP contribution in [-0.2, 0) is 6.54 Å². The number of hydrogen-bond donors (Lipinski definition) is 3. The summed E-state index contributed by atoms with van der Waals surface area (Å²) in [5, 5.41) is 5.63. The molecule has 1 aromatic heterocycles. The van der Waals surface area contributed by atoms with Gasteiger partial charge in [0.25, 0.3) is 5.56 Å². The van der Waals surface area contributed by atoms with Gasteiger partial charge < -0.3 is 20.5 Å². The zero-order valence-electron chi connectivity index (χ0n) is 15.1. The Morgan fingerprint density at radius 1 is 1.33 bits per heavy atom. The molecule has 2 heterocycles. The third kappa shape index (κ3) is 5.37. The fourth-order valence-electron chi connectivity index (χ4n) is 3.31. The highest BCUT2D eigenvalue weighted by molar-refractivity contribution is 5.73. The maximum atomic E-state index is 11.9. The number of aryl methyl sites for hydroxylation is 2. The molecule has 1 unspecified atom stereocenters. The number of likely N-dealkylation sites (tertiary alicyclic amines) is 1. The summed E-state index contributed by atoms with van der Waals surface area (Å²) in [7, 11) is 0. The summed E-state index contributed by atoms with van der Waals surface area (Å²) in [6.07, 6.45) is 4.83. The Kier molecular flexibility index (Phi) is 6.85. The highest BCUT2D eigenvalue weighted by Gasteiger charge is 2.17. The molecule has 1 aliphatic rings. The number of aromatic nitrogens is 1. The van der Waals surface area contributed by atoms with Crippen LogP contribution in [0.2, 0.25) is 0 Å². The lowest BCUT2D eigenvalue weighted by atomic mass is 10.0. The number of pyridine rings is 1. The van der Waals surface area contributed by atoms with Crippen LogP contribution in [-0.4, -0.2) is 41.6 Å². The maximum absolute atomic E-state index is 11.9. The van der Waals surface area contributed by atoms with Gasteiger partial charge in [-0.2, -0.15) is 0 Å². The Labute approximate surface area is 144 Å². The fraction of sp³-hybridized carbons (Fsp3) is 0.667. The SMILES string of the molecule is Cc1cc(C)c(CNC(=O)NCCCN2CCCCC2C)c(=O)[nH]1. The van der Waals surface area contributed by atoms with E-state index in [1.165, 1.54) is 25.8 Å². The van der Waals surface area contributed by atoms with Gasteiger partial charge in [-0.15, -0.1) is 0 Å². The molecule has 1 aromatic rings. The van der Waals surface area contributed by atoms with Crippen LogP contribution in [0.25, 0.3) is 0 Å². The first kappa shape index (κ1) is 18.5. The van der Waals surface area contributed by atoms with Gasteiger partial charge in [0.05, 0.1) is 6.54 Å². The fourth-order valence-corrected chi connectivity index (χ4v) is 3.31. The van der Waals surface area contributed by atoms with Gasteiger partial charge in [0.2, 0.25) is 0 Å². The molecule has 2 rings (SSSR count). The predicted octanol–water partition coefficient (Wildman–Crippen LogP) is 2.06. The van der Waals surface area contributed by atoms with E-state index in [0.717, 1.165) is 24.2 Å². The second-order valence-corrected chi connectivity index (χ2v) is 6.79. The average Bonchev–Trinajstić information content (AvgIpc) is 2.52. The van der Waals surface area contributed by atoms with Gasteiger partial charge in [-0.25, -0.2) is 4.79 Å². The van der Waals surface area contributed by atoms with Gasteiger partial charge >= 0.3 is 6.03 Å². The normalized spacial score (nSPS) is 18.4. The van der Waals surface area contributed by atoms with Crippen molar-refractivity contribution in [3.05, 3.63) is 33.2 Å². The molecular weight excluding hydrogens is 304 g/mol. The smallest absolute Gasteiger partial charge is 0.315 e. The lowest BCUT2D eigenvalue weighted by molar-refractivity contribution is 0.159. The number of rotatable bonds is 6. The number of urea groups is 1. The summed E-state index contributed by atoms with van der Waals surface area (Å²) in [6, 6.07) is 2.35. The first-order valence-electron chi connectivity index (χ1n) is 8.92. The van der Waals surface area contributed by atoms with Crippen molar-refractivity contribution in [1.82, 2.24) is 20.5 Å². The van der Waals surface area contributed by atoms with Crippen molar-refractivity contribution >= 4 is 6.03 Å². The molecule has 6 nitrogen and oxygen atoms in total. The summed E-state index contributed by atoms with van der Waals surface area (Å²) < 4.78 is 0. The van der Waals surface area contributed by atoms with E-state index in [0.29, 0.717) is 18.2 Å². The van der Waals surface area contributed by atoms with E-state index in [1.54, 1.807) is 0 Å². The minimum Gasteiger partial charge on any atom is -0.338 e. The summed E-state index contributed by atoms with van der Waals surface area (Å²) in [6.45, 7) is 9.11. The second-order valence-electron chi connectivity index (χ2n) is 6.79. The predicted molar refractivity (Wildman–Crippen MR) is 96.3 cm³/mol. The molecule has 0 saturated carbocycles. The van der Waals surface area contributed by atoms with Crippen LogP contribution in [0.5, 0.6) is 0 Å². The largest absolute Gasteiger partial charge is 0.338 e. The molecule has 1 fully saturated rings. The van der Waals surface area contributed by atoms with E-state index in [9.17, 15) is 9.59 Å². The van der Waals surface area contributed by atoms with E-state index < -0.39 is 0 Å². The molecule has 0 aromatic carbocycles. The van der Waals surface area contributed by atoms with Crippen molar-refractivity contribution in [3.63, 3.8) is 0 Å². The van der Waals surface area contributed by atoms with E-state index in [-0.39, 0.29) is 18.1 Å². The Bertz CT molecular complexity index is 612. The second kappa shape index (κ2) is 8.87. The van der Waals surface area contributed by atoms with E-state index >= 15 is 0 Å². The number of hydrogen-bond acceptors (Lipinski definition) is 3.